The van der Waals surface area contributed by atoms with Gasteiger partial charge in [-0.2, -0.15) is 0 Å². The molecule has 1 aliphatic heterocycles. The van der Waals surface area contributed by atoms with Crippen molar-refractivity contribution in [2.24, 2.45) is 5.92 Å². The molecule has 6 nitrogen and oxygen atoms in total. The van der Waals surface area contributed by atoms with Crippen molar-refractivity contribution in [1.29, 1.82) is 0 Å². The van der Waals surface area contributed by atoms with E-state index in [1.54, 1.807) is 0 Å². The first-order valence-corrected chi connectivity index (χ1v) is 9.53. The van der Waals surface area contributed by atoms with E-state index in [-0.39, 0.29) is 0 Å². The lowest BCUT2D eigenvalue weighted by atomic mass is 9.96. The van der Waals surface area contributed by atoms with Crippen LogP contribution in [-0.2, 0) is 16.1 Å². The van der Waals surface area contributed by atoms with Gasteiger partial charge in [0.1, 0.15) is 17.3 Å². The SMILES string of the molecule is Cc1cc(CN2CCC(CNC(=O)C(=O)Nc3ccc(F)cc3)CC2)c(C)o1. The molecule has 0 radical (unpaired) electrons. The van der Waals surface area contributed by atoms with Gasteiger partial charge >= 0.3 is 11.8 Å². The molecule has 1 fully saturated rings. The molecule has 2 aromatic rings. The topological polar surface area (TPSA) is 74.6 Å². The van der Waals surface area contributed by atoms with Crippen molar-refractivity contribution in [3.05, 3.63) is 53.2 Å². The number of nitrogens with zero attached hydrogens (tertiary/aromatic N) is 1. The molecule has 1 aliphatic rings. The zero-order chi connectivity index (χ0) is 20.1. The molecule has 0 spiro atoms. The highest BCUT2D eigenvalue weighted by Crippen LogP contribution is 2.21. The Morgan fingerprint density at radius 2 is 1.82 bits per heavy atom. The van der Waals surface area contributed by atoms with Crippen LogP contribution in [0, 0.1) is 25.6 Å². The van der Waals surface area contributed by atoms with Crippen molar-refractivity contribution in [2.45, 2.75) is 33.2 Å². The average molecular weight is 387 g/mol. The standard InChI is InChI=1S/C21H26FN3O3/c1-14-11-17(15(2)28-14)13-25-9-7-16(8-10-25)12-23-20(26)21(27)24-19-5-3-18(22)4-6-19/h3-6,11,16H,7-10,12-13H2,1-2H3,(H,23,26)(H,24,27). The minimum absolute atomic E-state index is 0.353. The number of anilines is 1. The highest BCUT2D eigenvalue weighted by atomic mass is 19.1. The summed E-state index contributed by atoms with van der Waals surface area (Å²) in [6.07, 6.45) is 1.94. The number of halogens is 1. The van der Waals surface area contributed by atoms with E-state index in [2.05, 4.69) is 21.6 Å². The first kappa shape index (κ1) is 20.1. The highest BCUT2D eigenvalue weighted by Gasteiger charge is 2.22. The number of furan rings is 1. The summed E-state index contributed by atoms with van der Waals surface area (Å²) < 4.78 is 18.5. The number of nitrogens with one attached hydrogen (secondary N) is 2. The lowest BCUT2D eigenvalue weighted by Crippen LogP contribution is -2.41. The Kier molecular flexibility index (Phi) is 6.46. The van der Waals surface area contributed by atoms with Gasteiger partial charge in [0.25, 0.3) is 0 Å². The lowest BCUT2D eigenvalue weighted by Gasteiger charge is -2.31. The first-order valence-electron chi connectivity index (χ1n) is 9.53. The minimum Gasteiger partial charge on any atom is -0.466 e. The molecule has 0 atom stereocenters. The summed E-state index contributed by atoms with van der Waals surface area (Å²) in [5.74, 6) is 0.451. The Morgan fingerprint density at radius 3 is 2.43 bits per heavy atom. The van der Waals surface area contributed by atoms with Gasteiger partial charge in [0, 0.05) is 24.3 Å². The van der Waals surface area contributed by atoms with E-state index in [0.29, 0.717) is 18.2 Å². The largest absolute Gasteiger partial charge is 0.466 e. The molecule has 1 aromatic carbocycles. The first-order chi connectivity index (χ1) is 13.4. The molecular weight excluding hydrogens is 361 g/mol. The summed E-state index contributed by atoms with van der Waals surface area (Å²) in [5.41, 5.74) is 1.61. The van der Waals surface area contributed by atoms with Gasteiger partial charge in [-0.05, 0) is 76.0 Å². The third-order valence-electron chi connectivity index (χ3n) is 5.10. The molecule has 1 saturated heterocycles. The molecule has 1 aromatic heterocycles. The predicted molar refractivity (Wildman–Crippen MR) is 104 cm³/mol. The van der Waals surface area contributed by atoms with Gasteiger partial charge in [0.05, 0.1) is 0 Å². The van der Waals surface area contributed by atoms with E-state index in [4.69, 9.17) is 4.42 Å². The monoisotopic (exact) mass is 387 g/mol. The van der Waals surface area contributed by atoms with Crippen molar-refractivity contribution in [3.8, 4) is 0 Å². The van der Waals surface area contributed by atoms with Gasteiger partial charge in [-0.15, -0.1) is 0 Å². The van der Waals surface area contributed by atoms with E-state index in [1.807, 2.05) is 13.8 Å². The van der Waals surface area contributed by atoms with Crippen LogP contribution in [0.25, 0.3) is 0 Å². The van der Waals surface area contributed by atoms with E-state index < -0.39 is 17.6 Å². The zero-order valence-corrected chi connectivity index (χ0v) is 16.3. The zero-order valence-electron chi connectivity index (χ0n) is 16.3. The summed E-state index contributed by atoms with van der Waals surface area (Å²) in [6, 6.07) is 7.38. The van der Waals surface area contributed by atoms with Crippen LogP contribution in [0.15, 0.2) is 34.7 Å². The smallest absolute Gasteiger partial charge is 0.313 e. The molecule has 0 saturated carbocycles. The number of hydrogen-bond donors (Lipinski definition) is 2. The number of carbonyl (C=O) groups is 2. The Bertz CT molecular complexity index is 824. The fourth-order valence-electron chi connectivity index (χ4n) is 3.47. The lowest BCUT2D eigenvalue weighted by molar-refractivity contribution is -0.136. The second-order valence-electron chi connectivity index (χ2n) is 7.33. The molecule has 2 heterocycles. The van der Waals surface area contributed by atoms with Crippen LogP contribution < -0.4 is 10.6 Å². The second-order valence-corrected chi connectivity index (χ2v) is 7.33. The number of benzene rings is 1. The van der Waals surface area contributed by atoms with Gasteiger partial charge in [0.2, 0.25) is 0 Å². The quantitative estimate of drug-likeness (QED) is 0.774. The molecule has 3 rings (SSSR count). The number of aryl methyl sites for hydroxylation is 2. The second kappa shape index (κ2) is 9.01. The van der Waals surface area contributed by atoms with Gasteiger partial charge in [0.15, 0.2) is 0 Å². The van der Waals surface area contributed by atoms with Gasteiger partial charge in [-0.25, -0.2) is 4.39 Å². The number of likely N-dealkylation sites (tertiary alicyclic amines) is 1. The Morgan fingerprint density at radius 1 is 1.14 bits per heavy atom. The van der Waals surface area contributed by atoms with Crippen molar-refractivity contribution >= 4 is 17.5 Å². The number of piperidine rings is 1. The van der Waals surface area contributed by atoms with E-state index in [9.17, 15) is 14.0 Å². The molecule has 2 amide bonds. The predicted octanol–water partition coefficient (Wildman–Crippen LogP) is 3.00. The molecule has 0 aliphatic carbocycles. The maximum atomic E-state index is 12.9. The Hall–Kier alpha value is -2.67. The molecule has 28 heavy (non-hydrogen) atoms. The summed E-state index contributed by atoms with van der Waals surface area (Å²) in [4.78, 5) is 26.3. The fraction of sp³-hybridized carbons (Fsp3) is 0.429. The van der Waals surface area contributed by atoms with E-state index >= 15 is 0 Å². The van der Waals surface area contributed by atoms with Crippen molar-refractivity contribution in [2.75, 3.05) is 25.0 Å². The van der Waals surface area contributed by atoms with E-state index in [1.165, 1.54) is 29.8 Å². The Labute approximate surface area is 164 Å². The summed E-state index contributed by atoms with van der Waals surface area (Å²) in [6.45, 7) is 7.20. The summed E-state index contributed by atoms with van der Waals surface area (Å²) in [5, 5.41) is 5.17. The minimum atomic E-state index is -0.741. The summed E-state index contributed by atoms with van der Waals surface area (Å²) >= 11 is 0. The normalized spacial score (nSPS) is 15.4. The molecular formula is C21H26FN3O3. The average Bonchev–Trinajstić information content (AvgIpc) is 2.99. The van der Waals surface area contributed by atoms with Gasteiger partial charge in [-0.3, -0.25) is 14.5 Å². The number of carbonyl (C=O) groups excluding carboxylic acids is 2. The summed E-state index contributed by atoms with van der Waals surface area (Å²) in [7, 11) is 0. The fourth-order valence-corrected chi connectivity index (χ4v) is 3.47. The number of rotatable bonds is 5. The number of amides is 2. The van der Waals surface area contributed by atoms with Crippen molar-refractivity contribution in [3.63, 3.8) is 0 Å². The maximum Gasteiger partial charge on any atom is 0.313 e. The molecule has 7 heteroatoms. The molecule has 2 N–H and O–H groups in total. The maximum absolute atomic E-state index is 12.9. The van der Waals surface area contributed by atoms with Gasteiger partial charge in [-0.1, -0.05) is 0 Å². The van der Waals surface area contributed by atoms with Crippen LogP contribution in [0.5, 0.6) is 0 Å². The molecule has 150 valence electrons. The Balaban J connectivity index is 1.38. The van der Waals surface area contributed by atoms with Crippen LogP contribution in [0.2, 0.25) is 0 Å². The van der Waals surface area contributed by atoms with Crippen LogP contribution in [-0.4, -0.2) is 36.3 Å². The van der Waals surface area contributed by atoms with Gasteiger partial charge < -0.3 is 15.1 Å². The third kappa shape index (κ3) is 5.42. The van der Waals surface area contributed by atoms with Crippen molar-refractivity contribution < 1.29 is 18.4 Å². The van der Waals surface area contributed by atoms with Crippen LogP contribution in [0.4, 0.5) is 10.1 Å². The third-order valence-corrected chi connectivity index (χ3v) is 5.10. The number of hydrogen-bond acceptors (Lipinski definition) is 4. The molecule has 0 bridgehead atoms. The van der Waals surface area contributed by atoms with Crippen LogP contribution in [0.3, 0.4) is 0 Å². The highest BCUT2D eigenvalue weighted by molar-refractivity contribution is 6.39. The van der Waals surface area contributed by atoms with Crippen LogP contribution >= 0.6 is 0 Å². The molecule has 0 unspecified atom stereocenters. The van der Waals surface area contributed by atoms with Crippen molar-refractivity contribution in [1.82, 2.24) is 10.2 Å². The van der Waals surface area contributed by atoms with Crippen LogP contribution in [0.1, 0.15) is 29.9 Å². The van der Waals surface area contributed by atoms with E-state index in [0.717, 1.165) is 44.0 Å².